The normalized spacial score (nSPS) is 16.8. The van der Waals surface area contributed by atoms with E-state index < -0.39 is 17.7 Å². The number of aromatic nitrogens is 3. The molecule has 3 aromatic carbocycles. The first kappa shape index (κ1) is 33.4. The van der Waals surface area contributed by atoms with Crippen LogP contribution in [0.5, 0.6) is 0 Å². The van der Waals surface area contributed by atoms with Crippen molar-refractivity contribution < 1.29 is 14.3 Å². The highest BCUT2D eigenvalue weighted by molar-refractivity contribution is 7.22. The first-order valence-electron chi connectivity index (χ1n) is 16.3. The Bertz CT molecular complexity index is 1910. The SMILES string of the molecule is CCOC(=O)C(OC(C)(C)C)c1c(C)cc2nc(N3CCN(C(C)C)C(c4ccc5c(cnn5C)c4)C3)sc2c1-c1ccc(Cl)cc1. The van der Waals surface area contributed by atoms with E-state index >= 15 is 0 Å². The summed E-state index contributed by atoms with van der Waals surface area (Å²) in [6.45, 7) is 17.1. The van der Waals surface area contributed by atoms with Gasteiger partial charge in [0.1, 0.15) is 0 Å². The monoisotopic (exact) mass is 673 g/mol. The Morgan fingerprint density at radius 2 is 1.85 bits per heavy atom. The van der Waals surface area contributed by atoms with E-state index in [1.807, 2.05) is 76.8 Å². The lowest BCUT2D eigenvalue weighted by Gasteiger charge is -2.43. The van der Waals surface area contributed by atoms with Crippen molar-refractivity contribution in [3.63, 3.8) is 0 Å². The second-order valence-corrected chi connectivity index (χ2v) is 15.0. The van der Waals surface area contributed by atoms with Crippen LogP contribution in [-0.2, 0) is 21.3 Å². The molecule has 2 atom stereocenters. The largest absolute Gasteiger partial charge is 0.464 e. The number of rotatable bonds is 8. The summed E-state index contributed by atoms with van der Waals surface area (Å²) in [7, 11) is 1.98. The smallest absolute Gasteiger partial charge is 0.339 e. The second kappa shape index (κ2) is 13.2. The number of anilines is 1. The number of carbonyl (C=O) groups excluding carboxylic acids is 1. The first-order chi connectivity index (χ1) is 22.3. The average molecular weight is 674 g/mol. The molecule has 5 aromatic rings. The topological polar surface area (TPSA) is 72.7 Å². The molecule has 0 aliphatic carbocycles. The van der Waals surface area contributed by atoms with Gasteiger partial charge in [-0.15, -0.1) is 0 Å². The van der Waals surface area contributed by atoms with Crippen LogP contribution in [0.25, 0.3) is 32.2 Å². The molecule has 0 radical (unpaired) electrons. The van der Waals surface area contributed by atoms with Crippen LogP contribution >= 0.6 is 22.9 Å². The molecule has 0 amide bonds. The highest BCUT2D eigenvalue weighted by Gasteiger charge is 2.35. The summed E-state index contributed by atoms with van der Waals surface area (Å²) < 4.78 is 15.0. The molecule has 2 aromatic heterocycles. The zero-order chi connectivity index (χ0) is 33.6. The molecule has 3 heterocycles. The molecule has 0 bridgehead atoms. The van der Waals surface area contributed by atoms with Gasteiger partial charge in [0.15, 0.2) is 11.2 Å². The maximum absolute atomic E-state index is 13.5. The molecule has 1 fully saturated rings. The molecule has 47 heavy (non-hydrogen) atoms. The minimum atomic E-state index is -0.906. The van der Waals surface area contributed by atoms with Crippen molar-refractivity contribution in [3.05, 3.63) is 76.4 Å². The third kappa shape index (κ3) is 6.77. The molecule has 0 saturated carbocycles. The lowest BCUT2D eigenvalue weighted by atomic mass is 9.91. The van der Waals surface area contributed by atoms with Crippen molar-refractivity contribution in [1.29, 1.82) is 0 Å². The number of hydrogen-bond acceptors (Lipinski definition) is 8. The third-order valence-corrected chi connectivity index (χ3v) is 10.2. The Labute approximate surface area is 286 Å². The number of fused-ring (bicyclic) bond motifs is 2. The van der Waals surface area contributed by atoms with E-state index in [9.17, 15) is 4.79 Å². The number of aryl methyl sites for hydroxylation is 2. The van der Waals surface area contributed by atoms with E-state index in [0.717, 1.165) is 68.1 Å². The van der Waals surface area contributed by atoms with Crippen molar-refractivity contribution in [1.82, 2.24) is 19.7 Å². The minimum absolute atomic E-state index is 0.196. The van der Waals surface area contributed by atoms with Gasteiger partial charge in [-0.25, -0.2) is 9.78 Å². The van der Waals surface area contributed by atoms with Gasteiger partial charge in [-0.1, -0.05) is 41.1 Å². The van der Waals surface area contributed by atoms with E-state index in [0.29, 0.717) is 11.1 Å². The fourth-order valence-electron chi connectivity index (χ4n) is 6.65. The van der Waals surface area contributed by atoms with Crippen LogP contribution in [0.1, 0.15) is 70.4 Å². The molecular formula is C37H44ClN5O3S. The summed E-state index contributed by atoms with van der Waals surface area (Å²) in [6, 6.07) is 17.2. The van der Waals surface area contributed by atoms with E-state index in [4.69, 9.17) is 26.1 Å². The molecule has 6 rings (SSSR count). The molecule has 0 spiro atoms. The maximum atomic E-state index is 13.5. The number of hydrogen-bond donors (Lipinski definition) is 0. The van der Waals surface area contributed by atoms with Crippen LogP contribution in [0.3, 0.4) is 0 Å². The second-order valence-electron chi connectivity index (χ2n) is 13.6. The molecule has 10 heteroatoms. The molecule has 0 N–H and O–H groups in total. The molecule has 1 aliphatic heterocycles. The summed E-state index contributed by atoms with van der Waals surface area (Å²) in [6.07, 6.45) is 1.04. The molecule has 8 nitrogen and oxygen atoms in total. The Hall–Kier alpha value is -3.50. The van der Waals surface area contributed by atoms with Gasteiger partial charge in [-0.2, -0.15) is 5.10 Å². The molecule has 2 unspecified atom stereocenters. The predicted molar refractivity (Wildman–Crippen MR) is 193 cm³/mol. The van der Waals surface area contributed by atoms with Crippen molar-refractivity contribution >= 4 is 55.2 Å². The summed E-state index contributed by atoms with van der Waals surface area (Å²) in [5, 5.41) is 7.23. The van der Waals surface area contributed by atoms with E-state index in [1.54, 1.807) is 11.3 Å². The van der Waals surface area contributed by atoms with Gasteiger partial charge in [0.2, 0.25) is 0 Å². The average Bonchev–Trinajstić information content (AvgIpc) is 3.62. The lowest BCUT2D eigenvalue weighted by molar-refractivity contribution is -0.166. The number of thiazole rings is 1. The summed E-state index contributed by atoms with van der Waals surface area (Å²) in [4.78, 5) is 23.8. The van der Waals surface area contributed by atoms with Gasteiger partial charge < -0.3 is 14.4 Å². The van der Waals surface area contributed by atoms with E-state index in [1.165, 1.54) is 5.56 Å². The zero-order valence-electron chi connectivity index (χ0n) is 28.5. The first-order valence-corrected chi connectivity index (χ1v) is 17.5. The summed E-state index contributed by atoms with van der Waals surface area (Å²) >= 11 is 8.01. The number of carbonyl (C=O) groups is 1. The predicted octanol–water partition coefficient (Wildman–Crippen LogP) is 8.50. The number of esters is 1. The van der Waals surface area contributed by atoms with Crippen LogP contribution in [-0.4, -0.2) is 63.5 Å². The number of benzene rings is 3. The van der Waals surface area contributed by atoms with Gasteiger partial charge in [0, 0.05) is 54.3 Å². The number of nitrogens with zero attached hydrogens (tertiary/aromatic N) is 5. The number of piperazine rings is 1. The highest BCUT2D eigenvalue weighted by atomic mass is 35.5. The van der Waals surface area contributed by atoms with Gasteiger partial charge in [-0.05, 0) is 95.5 Å². The standard InChI is InChI=1S/C37H44ClN5O3S/c1-9-45-35(44)33(46-37(5,6)7)31-23(4)18-28-34(32(31)24-10-13-27(38)14-11-24)47-36(40-28)42-16-17-43(22(2)3)30(21-42)25-12-15-29-26(19-25)20-39-41(29)8/h10-15,18-20,22,30,33H,9,16-17,21H2,1-8H3. The van der Waals surface area contributed by atoms with E-state index in [2.05, 4.69) is 53.0 Å². The maximum Gasteiger partial charge on any atom is 0.339 e. The Morgan fingerprint density at radius 1 is 1.11 bits per heavy atom. The van der Waals surface area contributed by atoms with Crippen LogP contribution < -0.4 is 4.90 Å². The number of halogens is 1. The Balaban J connectivity index is 1.47. The summed E-state index contributed by atoms with van der Waals surface area (Å²) in [5.41, 5.74) is 6.33. The Kier molecular flexibility index (Phi) is 9.37. The fraction of sp³-hybridized carbons (Fsp3) is 0.432. The summed E-state index contributed by atoms with van der Waals surface area (Å²) in [5.74, 6) is -0.400. The minimum Gasteiger partial charge on any atom is -0.464 e. The quantitative estimate of drug-likeness (QED) is 0.153. The molecular weight excluding hydrogens is 630 g/mol. The number of ether oxygens (including phenoxy) is 2. The van der Waals surface area contributed by atoms with Crippen molar-refractivity contribution in [2.45, 2.75) is 72.3 Å². The Morgan fingerprint density at radius 3 is 2.53 bits per heavy atom. The van der Waals surface area contributed by atoms with Crippen LogP contribution in [0, 0.1) is 6.92 Å². The van der Waals surface area contributed by atoms with Crippen molar-refractivity contribution in [2.75, 3.05) is 31.1 Å². The van der Waals surface area contributed by atoms with Gasteiger partial charge in [0.05, 0.1) is 40.2 Å². The van der Waals surface area contributed by atoms with Gasteiger partial charge in [0.25, 0.3) is 0 Å². The van der Waals surface area contributed by atoms with Gasteiger partial charge in [-0.3, -0.25) is 9.58 Å². The zero-order valence-corrected chi connectivity index (χ0v) is 30.1. The van der Waals surface area contributed by atoms with Crippen LogP contribution in [0.2, 0.25) is 5.02 Å². The van der Waals surface area contributed by atoms with Gasteiger partial charge >= 0.3 is 5.97 Å². The van der Waals surface area contributed by atoms with Crippen LogP contribution in [0.4, 0.5) is 5.13 Å². The lowest BCUT2D eigenvalue weighted by Crippen LogP contribution is -2.50. The van der Waals surface area contributed by atoms with Crippen molar-refractivity contribution in [3.8, 4) is 11.1 Å². The highest BCUT2D eigenvalue weighted by Crippen LogP contribution is 2.45. The fourth-order valence-corrected chi connectivity index (χ4v) is 7.93. The molecule has 248 valence electrons. The third-order valence-electron chi connectivity index (χ3n) is 8.79. The molecule has 1 saturated heterocycles. The van der Waals surface area contributed by atoms with E-state index in [-0.39, 0.29) is 12.6 Å². The molecule has 1 aliphatic rings. The van der Waals surface area contributed by atoms with Crippen LogP contribution in [0.15, 0.2) is 54.7 Å². The van der Waals surface area contributed by atoms with Crippen molar-refractivity contribution in [2.24, 2.45) is 7.05 Å².